The average Bonchev–Trinajstić information content (AvgIpc) is 1.65. The summed E-state index contributed by atoms with van der Waals surface area (Å²) >= 11 is 0. The minimum Gasteiger partial charge on any atom is -1.00 e. The fraction of sp³-hybridized carbons (Fsp3) is 0. The van der Waals surface area contributed by atoms with E-state index in [1.54, 1.807) is 0 Å². The molecular formula is C3H8CaO2Si. The molecule has 0 atom stereocenters. The van der Waals surface area contributed by atoms with Gasteiger partial charge in [-0.1, -0.05) is 6.58 Å². The van der Waals surface area contributed by atoms with Gasteiger partial charge in [0, 0.05) is 6.08 Å². The van der Waals surface area contributed by atoms with E-state index in [-0.39, 0.29) is 46.6 Å². The second-order valence-electron chi connectivity index (χ2n) is 0.727. The molecule has 0 radical (unpaired) electrons. The summed E-state index contributed by atoms with van der Waals surface area (Å²) in [6, 6.07) is 0. The third kappa shape index (κ3) is 6.69. The molecular weight excluding hydrogens is 136 g/mol. The Morgan fingerprint density at radius 1 is 2.00 bits per heavy atom. The topological polar surface area (TPSA) is 26.3 Å². The fourth-order valence-electron chi connectivity index (χ4n) is 0.0833. The molecule has 0 N–H and O–H groups in total. The van der Waals surface area contributed by atoms with Crippen LogP contribution < -0.4 is 0 Å². The van der Waals surface area contributed by atoms with Crippen LogP contribution in [0.4, 0.5) is 0 Å². The van der Waals surface area contributed by atoms with Gasteiger partial charge in [-0.15, -0.1) is 0 Å². The van der Waals surface area contributed by atoms with Crippen LogP contribution in [0.3, 0.4) is 0 Å². The molecule has 0 aliphatic rings. The van der Waals surface area contributed by atoms with Crippen LogP contribution in [0.5, 0.6) is 0 Å². The summed E-state index contributed by atoms with van der Waals surface area (Å²) in [5.41, 5.74) is 0. The van der Waals surface area contributed by atoms with Gasteiger partial charge in [0.05, 0.1) is 0 Å². The zero-order valence-corrected chi connectivity index (χ0v) is 8.52. The maximum Gasteiger partial charge on any atom is 2.00 e. The summed E-state index contributed by atoms with van der Waals surface area (Å²) in [4.78, 5) is 9.88. The van der Waals surface area contributed by atoms with Gasteiger partial charge in [0.25, 0.3) is 0 Å². The molecule has 4 heteroatoms. The van der Waals surface area contributed by atoms with E-state index in [4.69, 9.17) is 0 Å². The van der Waals surface area contributed by atoms with Gasteiger partial charge in [0.2, 0.25) is 10.5 Å². The van der Waals surface area contributed by atoms with Crippen molar-refractivity contribution in [2.75, 3.05) is 0 Å². The molecule has 0 aliphatic carbocycles. The zero-order chi connectivity index (χ0) is 4.99. The Bertz CT molecular complexity index is 80.2. The Labute approximate surface area is 78.4 Å². The fourth-order valence-corrected chi connectivity index (χ4v) is 0.250. The molecule has 0 spiro atoms. The minimum atomic E-state index is -0.332. The molecule has 0 heterocycles. The van der Waals surface area contributed by atoms with Crippen molar-refractivity contribution in [3.8, 4) is 0 Å². The molecule has 7 heavy (non-hydrogen) atoms. The smallest absolute Gasteiger partial charge is 1.00 e. The third-order valence-electron chi connectivity index (χ3n) is 0.368. The average molecular weight is 144 g/mol. The van der Waals surface area contributed by atoms with Crippen molar-refractivity contribution >= 4 is 54.2 Å². The number of carbonyl (C=O) groups is 1. The number of rotatable bonds is 1. The van der Waals surface area contributed by atoms with E-state index in [2.05, 4.69) is 11.0 Å². The molecule has 0 amide bonds. The van der Waals surface area contributed by atoms with Crippen LogP contribution in [-0.4, -0.2) is 54.2 Å². The van der Waals surface area contributed by atoms with Crippen LogP contribution >= 0.6 is 0 Å². The molecule has 0 saturated carbocycles. The quantitative estimate of drug-likeness (QED) is 0.343. The van der Waals surface area contributed by atoms with Crippen LogP contribution in [0.1, 0.15) is 2.85 Å². The zero-order valence-electron chi connectivity index (χ0n) is 6.31. The summed E-state index contributed by atoms with van der Waals surface area (Å²) in [5, 5.41) is 0. The van der Waals surface area contributed by atoms with E-state index in [1.807, 2.05) is 0 Å². The van der Waals surface area contributed by atoms with Gasteiger partial charge in [-0.3, -0.25) is 0 Å². The first-order chi connectivity index (χ1) is 2.81. The Hall–Kier alpha value is 0.687. The molecule has 38 valence electrons. The first-order valence-electron chi connectivity index (χ1n) is 1.51. The van der Waals surface area contributed by atoms with E-state index in [9.17, 15) is 4.79 Å². The van der Waals surface area contributed by atoms with Crippen LogP contribution in [0.2, 0.25) is 0 Å². The molecule has 0 fully saturated rings. The van der Waals surface area contributed by atoms with Crippen molar-refractivity contribution in [3.05, 3.63) is 12.7 Å². The molecule has 0 aliphatic heterocycles. The monoisotopic (exact) mass is 144 g/mol. The van der Waals surface area contributed by atoms with Gasteiger partial charge < -0.3 is 7.28 Å². The Morgan fingerprint density at radius 3 is 2.43 bits per heavy atom. The molecule has 0 rings (SSSR count). The van der Waals surface area contributed by atoms with Crippen LogP contribution in [0, 0.1) is 0 Å². The summed E-state index contributed by atoms with van der Waals surface area (Å²) in [7, 11) is 0.462. The van der Waals surface area contributed by atoms with Crippen molar-refractivity contribution in [2.24, 2.45) is 0 Å². The van der Waals surface area contributed by atoms with Crippen molar-refractivity contribution in [1.29, 1.82) is 0 Å². The molecule has 0 unspecified atom stereocenters. The molecule has 0 bridgehead atoms. The molecule has 0 aromatic heterocycles. The summed E-state index contributed by atoms with van der Waals surface area (Å²) in [6.07, 6.45) is 1.15. The number of hydrogen-bond donors (Lipinski definition) is 0. The van der Waals surface area contributed by atoms with Gasteiger partial charge >= 0.3 is 43.7 Å². The van der Waals surface area contributed by atoms with Crippen LogP contribution in [0.15, 0.2) is 12.7 Å². The summed E-state index contributed by atoms with van der Waals surface area (Å²) in [5.74, 6) is -0.332. The maximum atomic E-state index is 9.88. The van der Waals surface area contributed by atoms with E-state index >= 15 is 0 Å². The van der Waals surface area contributed by atoms with Gasteiger partial charge in [-0.05, 0) is 0 Å². The molecule has 0 aromatic carbocycles. The molecule has 0 saturated heterocycles. The van der Waals surface area contributed by atoms with E-state index in [1.165, 1.54) is 0 Å². The predicted molar refractivity (Wildman–Crippen MR) is 34.2 cm³/mol. The van der Waals surface area contributed by atoms with Gasteiger partial charge in [0.1, 0.15) is 0 Å². The third-order valence-corrected chi connectivity index (χ3v) is 0.770. The number of hydrogen-bond acceptors (Lipinski definition) is 2. The normalized spacial score (nSPS) is 6.29. The van der Waals surface area contributed by atoms with E-state index in [0.29, 0.717) is 10.5 Å². The van der Waals surface area contributed by atoms with Gasteiger partial charge in [-0.25, -0.2) is 4.79 Å². The first-order valence-corrected chi connectivity index (χ1v) is 2.33. The van der Waals surface area contributed by atoms with Crippen LogP contribution in [0.25, 0.3) is 0 Å². The predicted octanol–water partition coefficient (Wildman–Crippen LogP) is -1.16. The maximum absolute atomic E-state index is 9.88. The number of carbonyl (C=O) groups excluding carboxylic acids is 1. The van der Waals surface area contributed by atoms with Crippen LogP contribution in [-0.2, 0) is 9.22 Å². The molecule has 0 aromatic rings. The van der Waals surface area contributed by atoms with Crippen molar-refractivity contribution in [1.82, 2.24) is 0 Å². The Kier molecular flexibility index (Phi) is 10.2. The SMILES string of the molecule is C=CC(=O)O[SiH3].[Ca+2].[H-].[H-]. The van der Waals surface area contributed by atoms with E-state index < -0.39 is 0 Å². The largest absolute Gasteiger partial charge is 2.00 e. The Morgan fingerprint density at radius 2 is 2.43 bits per heavy atom. The van der Waals surface area contributed by atoms with Crippen molar-refractivity contribution in [3.63, 3.8) is 0 Å². The summed E-state index contributed by atoms with van der Waals surface area (Å²) < 4.78 is 4.28. The first kappa shape index (κ1) is 10.6. The second kappa shape index (κ2) is 6.69. The van der Waals surface area contributed by atoms with Crippen molar-refractivity contribution in [2.45, 2.75) is 0 Å². The summed E-state index contributed by atoms with van der Waals surface area (Å²) in [6.45, 7) is 3.18. The molecule has 2 nitrogen and oxygen atoms in total. The van der Waals surface area contributed by atoms with E-state index in [0.717, 1.165) is 6.08 Å². The van der Waals surface area contributed by atoms with Gasteiger partial charge in [0.15, 0.2) is 0 Å². The van der Waals surface area contributed by atoms with Crippen molar-refractivity contribution < 1.29 is 12.1 Å². The van der Waals surface area contributed by atoms with Gasteiger partial charge in [-0.2, -0.15) is 0 Å². The minimum absolute atomic E-state index is 0. The second-order valence-corrected chi connectivity index (χ2v) is 1.14. The Balaban J connectivity index is -0.0000000417. The standard InChI is InChI=1S/C3H6O2Si.Ca.2H/c1-2-3(4)5-6;;;/h2H,1H2,6H3;;;/q;+2;2*-1.